The Balaban J connectivity index is 2.51. The van der Waals surface area contributed by atoms with E-state index in [0.29, 0.717) is 13.0 Å². The van der Waals surface area contributed by atoms with E-state index in [1.807, 2.05) is 82.3 Å². The lowest BCUT2D eigenvalue weighted by Gasteiger charge is -2.35. The number of carbonyl (C=O) groups excluding carboxylic acids is 3. The van der Waals surface area contributed by atoms with Crippen LogP contribution in [0.5, 0.6) is 0 Å². The van der Waals surface area contributed by atoms with Crippen LogP contribution in [0.2, 0.25) is 0 Å². The first-order chi connectivity index (χ1) is 16.9. The van der Waals surface area contributed by atoms with E-state index in [9.17, 15) is 14.4 Å². The predicted octanol–water partition coefficient (Wildman–Crippen LogP) is 4.94. The second kappa shape index (κ2) is 13.1. The number of rotatable bonds is 10. The molecule has 0 bridgehead atoms. The van der Waals surface area contributed by atoms with Crippen LogP contribution in [-0.2, 0) is 20.7 Å². The number of hydrogen-bond donors (Lipinski definition) is 2. The van der Waals surface area contributed by atoms with Crippen LogP contribution >= 0.6 is 0 Å². The van der Waals surface area contributed by atoms with E-state index in [2.05, 4.69) is 10.6 Å². The molecule has 0 aliphatic rings. The van der Waals surface area contributed by atoms with Gasteiger partial charge in [0.1, 0.15) is 17.7 Å². The van der Waals surface area contributed by atoms with Crippen LogP contribution in [0.3, 0.4) is 0 Å². The minimum absolute atomic E-state index is 0.0948. The zero-order chi connectivity index (χ0) is 26.9. The van der Waals surface area contributed by atoms with Crippen LogP contribution in [-0.4, -0.2) is 47.0 Å². The summed E-state index contributed by atoms with van der Waals surface area (Å²) in [6.45, 7) is 13.3. The average Bonchev–Trinajstić information content (AvgIpc) is 2.78. The Labute approximate surface area is 215 Å². The van der Waals surface area contributed by atoms with Crippen molar-refractivity contribution in [3.8, 4) is 0 Å². The van der Waals surface area contributed by atoms with E-state index in [1.54, 1.807) is 25.7 Å². The third-order valence-corrected chi connectivity index (χ3v) is 5.49. The molecular weight excluding hydrogens is 454 g/mol. The summed E-state index contributed by atoms with van der Waals surface area (Å²) in [7, 11) is 0. The summed E-state index contributed by atoms with van der Waals surface area (Å²) in [6.07, 6.45) is 0.242. The van der Waals surface area contributed by atoms with Crippen molar-refractivity contribution in [1.29, 1.82) is 0 Å². The molecule has 2 aromatic carbocycles. The number of alkyl carbamates (subject to hydrolysis) is 1. The standard InChI is InChI=1S/C29H41N3O4/c1-8-18-32(25(26(33)30-20(2)3)23-17-13-12-14-21(23)4)27(34)24(19-22-15-10-9-11-16-22)31-28(35)36-29(5,6)7/h9-17,20,24-25H,8,18-19H2,1-7H3,(H,30,33)(H,31,35). The molecular formula is C29H41N3O4. The smallest absolute Gasteiger partial charge is 0.408 e. The zero-order valence-electron chi connectivity index (χ0n) is 22.6. The maximum Gasteiger partial charge on any atom is 0.408 e. The molecule has 7 nitrogen and oxygen atoms in total. The lowest BCUT2D eigenvalue weighted by molar-refractivity contribution is -0.142. The second-order valence-corrected chi connectivity index (χ2v) is 10.3. The van der Waals surface area contributed by atoms with Gasteiger partial charge in [-0.3, -0.25) is 9.59 Å². The summed E-state index contributed by atoms with van der Waals surface area (Å²) in [6, 6.07) is 15.2. The molecule has 0 saturated carbocycles. The van der Waals surface area contributed by atoms with Crippen molar-refractivity contribution in [1.82, 2.24) is 15.5 Å². The Morgan fingerprint density at radius 2 is 1.56 bits per heavy atom. The maximum absolute atomic E-state index is 14.1. The maximum atomic E-state index is 14.1. The van der Waals surface area contributed by atoms with Gasteiger partial charge in [0.15, 0.2) is 0 Å². The molecule has 3 amide bonds. The number of amides is 3. The SMILES string of the molecule is CCCN(C(=O)C(Cc1ccccc1)NC(=O)OC(C)(C)C)C(C(=O)NC(C)C)c1ccccc1C. The summed E-state index contributed by atoms with van der Waals surface area (Å²) in [5, 5.41) is 5.76. The molecule has 36 heavy (non-hydrogen) atoms. The second-order valence-electron chi connectivity index (χ2n) is 10.3. The molecule has 196 valence electrons. The highest BCUT2D eigenvalue weighted by Gasteiger charge is 2.36. The average molecular weight is 496 g/mol. The van der Waals surface area contributed by atoms with Crippen LogP contribution in [0, 0.1) is 6.92 Å². The van der Waals surface area contributed by atoms with Crippen molar-refractivity contribution in [3.05, 3.63) is 71.3 Å². The van der Waals surface area contributed by atoms with Gasteiger partial charge in [-0.05, 0) is 64.7 Å². The molecule has 0 spiro atoms. The van der Waals surface area contributed by atoms with Gasteiger partial charge in [-0.25, -0.2) is 4.79 Å². The van der Waals surface area contributed by atoms with Crippen LogP contribution in [0.15, 0.2) is 54.6 Å². The number of nitrogens with zero attached hydrogens (tertiary/aromatic N) is 1. The van der Waals surface area contributed by atoms with Gasteiger partial charge >= 0.3 is 6.09 Å². The van der Waals surface area contributed by atoms with E-state index in [1.165, 1.54) is 0 Å². The quantitative estimate of drug-likeness (QED) is 0.489. The van der Waals surface area contributed by atoms with Gasteiger partial charge in [-0.1, -0.05) is 61.5 Å². The highest BCUT2D eigenvalue weighted by atomic mass is 16.6. The van der Waals surface area contributed by atoms with Gasteiger partial charge in [-0.15, -0.1) is 0 Å². The normalized spacial score (nSPS) is 13.0. The topological polar surface area (TPSA) is 87.7 Å². The van der Waals surface area contributed by atoms with Crippen molar-refractivity contribution >= 4 is 17.9 Å². The lowest BCUT2D eigenvalue weighted by atomic mass is 9.96. The van der Waals surface area contributed by atoms with Gasteiger partial charge in [0.2, 0.25) is 11.8 Å². The first-order valence-corrected chi connectivity index (χ1v) is 12.6. The van der Waals surface area contributed by atoms with Gasteiger partial charge in [0.25, 0.3) is 0 Å². The molecule has 2 N–H and O–H groups in total. The van der Waals surface area contributed by atoms with Crippen molar-refractivity contribution in [2.75, 3.05) is 6.54 Å². The minimum Gasteiger partial charge on any atom is -0.444 e. The Morgan fingerprint density at radius 3 is 2.11 bits per heavy atom. The molecule has 2 atom stereocenters. The highest BCUT2D eigenvalue weighted by Crippen LogP contribution is 2.26. The van der Waals surface area contributed by atoms with Crippen molar-refractivity contribution in [2.45, 2.75) is 85.0 Å². The molecule has 2 aromatic rings. The molecule has 7 heteroatoms. The van der Waals surface area contributed by atoms with Crippen molar-refractivity contribution < 1.29 is 19.1 Å². The summed E-state index contributed by atoms with van der Waals surface area (Å²) in [4.78, 5) is 42.0. The first kappa shape index (κ1) is 28.9. The molecule has 0 heterocycles. The molecule has 0 radical (unpaired) electrons. The highest BCUT2D eigenvalue weighted by molar-refractivity contribution is 5.92. The fourth-order valence-corrected chi connectivity index (χ4v) is 4.01. The molecule has 0 aliphatic heterocycles. The minimum atomic E-state index is -0.910. The summed E-state index contributed by atoms with van der Waals surface area (Å²) in [5.41, 5.74) is 1.85. The van der Waals surface area contributed by atoms with Gasteiger partial charge < -0.3 is 20.3 Å². The van der Waals surface area contributed by atoms with Crippen LogP contribution < -0.4 is 10.6 Å². The fraction of sp³-hybridized carbons (Fsp3) is 0.483. The Bertz CT molecular complexity index is 1010. The van der Waals surface area contributed by atoms with Gasteiger partial charge in [-0.2, -0.15) is 0 Å². The fourth-order valence-electron chi connectivity index (χ4n) is 4.01. The Hall–Kier alpha value is -3.35. The van der Waals surface area contributed by atoms with Crippen LogP contribution in [0.25, 0.3) is 0 Å². The number of nitrogens with one attached hydrogen (secondary N) is 2. The molecule has 2 unspecified atom stereocenters. The van der Waals surface area contributed by atoms with Crippen LogP contribution in [0.1, 0.15) is 70.7 Å². The Kier molecular flexibility index (Phi) is 10.5. The van der Waals surface area contributed by atoms with Gasteiger partial charge in [0.05, 0.1) is 0 Å². The summed E-state index contributed by atoms with van der Waals surface area (Å²) in [5.74, 6) is -0.587. The number of ether oxygens (including phenoxy) is 1. The van der Waals surface area contributed by atoms with E-state index < -0.39 is 23.8 Å². The third kappa shape index (κ3) is 8.70. The van der Waals surface area contributed by atoms with E-state index >= 15 is 0 Å². The zero-order valence-corrected chi connectivity index (χ0v) is 22.6. The van der Waals surface area contributed by atoms with E-state index in [4.69, 9.17) is 4.74 Å². The Morgan fingerprint density at radius 1 is 0.944 bits per heavy atom. The third-order valence-electron chi connectivity index (χ3n) is 5.49. The summed E-state index contributed by atoms with van der Waals surface area (Å²) < 4.78 is 5.46. The largest absolute Gasteiger partial charge is 0.444 e. The van der Waals surface area contributed by atoms with Crippen molar-refractivity contribution in [3.63, 3.8) is 0 Å². The van der Waals surface area contributed by atoms with Gasteiger partial charge in [0, 0.05) is 19.0 Å². The first-order valence-electron chi connectivity index (χ1n) is 12.6. The lowest BCUT2D eigenvalue weighted by Crippen LogP contribution is -2.54. The molecule has 0 saturated heterocycles. The molecule has 2 rings (SSSR count). The summed E-state index contributed by atoms with van der Waals surface area (Å²) >= 11 is 0. The predicted molar refractivity (Wildman–Crippen MR) is 143 cm³/mol. The van der Waals surface area contributed by atoms with E-state index in [0.717, 1.165) is 16.7 Å². The molecule has 0 aromatic heterocycles. The molecule has 0 fully saturated rings. The van der Waals surface area contributed by atoms with Crippen molar-refractivity contribution in [2.24, 2.45) is 0 Å². The van der Waals surface area contributed by atoms with E-state index in [-0.39, 0.29) is 24.3 Å². The number of hydrogen-bond acceptors (Lipinski definition) is 4. The number of carbonyl (C=O) groups is 3. The molecule has 0 aliphatic carbocycles. The van der Waals surface area contributed by atoms with Crippen LogP contribution in [0.4, 0.5) is 4.79 Å². The number of benzene rings is 2. The number of aryl methyl sites for hydroxylation is 1. The monoisotopic (exact) mass is 495 g/mol.